The Morgan fingerprint density at radius 1 is 1.45 bits per heavy atom. The molecule has 2 fully saturated rings. The summed E-state index contributed by atoms with van der Waals surface area (Å²) in [4.78, 5) is 14.6. The van der Waals surface area contributed by atoms with Crippen LogP contribution in [0.1, 0.15) is 32.6 Å². The van der Waals surface area contributed by atoms with E-state index in [1.807, 2.05) is 4.90 Å². The van der Waals surface area contributed by atoms with Crippen LogP contribution < -0.4 is 5.73 Å². The Kier molecular flexibility index (Phi) is 4.52. The monoisotopic (exact) mass is 283 g/mol. The number of ether oxygens (including phenoxy) is 1. The average molecular weight is 283 g/mol. The molecule has 114 valence electrons. The molecule has 0 atom stereocenters. The summed E-state index contributed by atoms with van der Waals surface area (Å²) in [6.45, 7) is 4.31. The van der Waals surface area contributed by atoms with Crippen molar-refractivity contribution in [2.45, 2.75) is 32.6 Å². The van der Waals surface area contributed by atoms with Crippen molar-refractivity contribution < 1.29 is 14.7 Å². The number of amides is 1. The molecule has 2 rings (SSSR count). The first kappa shape index (κ1) is 15.1. The van der Waals surface area contributed by atoms with Gasteiger partial charge in [0.1, 0.15) is 5.41 Å². The number of piperidine rings is 1. The Morgan fingerprint density at radius 3 is 2.50 bits per heavy atom. The fourth-order valence-electron chi connectivity index (χ4n) is 3.56. The van der Waals surface area contributed by atoms with Gasteiger partial charge in [0.15, 0.2) is 5.84 Å². The number of carbonyl (C=O) groups excluding carboxylic acids is 1. The van der Waals surface area contributed by atoms with Crippen LogP contribution in [0.15, 0.2) is 5.16 Å². The predicted molar refractivity (Wildman–Crippen MR) is 75.4 cm³/mol. The molecule has 1 aliphatic heterocycles. The van der Waals surface area contributed by atoms with Gasteiger partial charge in [-0.3, -0.25) is 4.79 Å². The van der Waals surface area contributed by atoms with Crippen molar-refractivity contribution in [3.8, 4) is 0 Å². The Bertz CT molecular complexity index is 383. The Hall–Kier alpha value is -1.30. The number of carbonyl (C=O) groups is 1. The van der Waals surface area contributed by atoms with E-state index in [1.54, 1.807) is 7.11 Å². The van der Waals surface area contributed by atoms with Crippen LogP contribution in [0.2, 0.25) is 0 Å². The van der Waals surface area contributed by atoms with Gasteiger partial charge in [-0.05, 0) is 37.5 Å². The molecular weight excluding hydrogens is 258 g/mol. The van der Waals surface area contributed by atoms with E-state index >= 15 is 0 Å². The standard InChI is InChI=1S/C14H25N3O3/c1-10-7-14(8-10,12(15)16-19)13(18)17-5-3-11(4-6-17)9-20-2/h10-11,19H,3-9H2,1-2H3,(H2,15,16). The third kappa shape index (κ3) is 2.61. The van der Waals surface area contributed by atoms with Gasteiger partial charge in [-0.1, -0.05) is 12.1 Å². The van der Waals surface area contributed by atoms with Gasteiger partial charge in [0.25, 0.3) is 0 Å². The zero-order valence-electron chi connectivity index (χ0n) is 12.3. The van der Waals surface area contributed by atoms with Crippen LogP contribution in [0.4, 0.5) is 0 Å². The van der Waals surface area contributed by atoms with E-state index in [1.165, 1.54) is 0 Å². The van der Waals surface area contributed by atoms with Crippen LogP contribution in [0.3, 0.4) is 0 Å². The van der Waals surface area contributed by atoms with Crippen molar-refractivity contribution in [3.63, 3.8) is 0 Å². The number of nitrogens with zero attached hydrogens (tertiary/aromatic N) is 2. The highest BCUT2D eigenvalue weighted by atomic mass is 16.5. The van der Waals surface area contributed by atoms with Crippen LogP contribution in [0.25, 0.3) is 0 Å². The second-order valence-corrected chi connectivity index (χ2v) is 6.27. The topological polar surface area (TPSA) is 88.2 Å². The van der Waals surface area contributed by atoms with Crippen molar-refractivity contribution in [1.82, 2.24) is 4.90 Å². The van der Waals surface area contributed by atoms with Crippen LogP contribution in [-0.4, -0.2) is 48.7 Å². The first-order valence-corrected chi connectivity index (χ1v) is 7.30. The van der Waals surface area contributed by atoms with Gasteiger partial charge in [0.2, 0.25) is 5.91 Å². The largest absolute Gasteiger partial charge is 0.409 e. The maximum absolute atomic E-state index is 12.7. The molecule has 1 aliphatic carbocycles. The molecule has 1 amide bonds. The fraction of sp³-hybridized carbons (Fsp3) is 0.857. The van der Waals surface area contributed by atoms with E-state index in [-0.39, 0.29) is 11.7 Å². The van der Waals surface area contributed by atoms with Crippen LogP contribution >= 0.6 is 0 Å². The summed E-state index contributed by atoms with van der Waals surface area (Å²) in [5.74, 6) is 1.08. The summed E-state index contributed by atoms with van der Waals surface area (Å²) in [6.07, 6.45) is 3.28. The van der Waals surface area contributed by atoms with Gasteiger partial charge in [0, 0.05) is 26.8 Å². The van der Waals surface area contributed by atoms with Crippen molar-refractivity contribution in [2.75, 3.05) is 26.8 Å². The summed E-state index contributed by atoms with van der Waals surface area (Å²) >= 11 is 0. The number of methoxy groups -OCH3 is 1. The van der Waals surface area contributed by atoms with Crippen LogP contribution in [0.5, 0.6) is 0 Å². The lowest BCUT2D eigenvalue weighted by Crippen LogP contribution is -2.58. The molecule has 1 heterocycles. The zero-order chi connectivity index (χ0) is 14.8. The van der Waals surface area contributed by atoms with E-state index in [2.05, 4.69) is 12.1 Å². The second-order valence-electron chi connectivity index (χ2n) is 6.27. The summed E-state index contributed by atoms with van der Waals surface area (Å²) in [5, 5.41) is 12.1. The molecular formula is C14H25N3O3. The van der Waals surface area contributed by atoms with Crippen molar-refractivity contribution in [2.24, 2.45) is 28.1 Å². The Labute approximate surface area is 119 Å². The Balaban J connectivity index is 2.00. The molecule has 3 N–H and O–H groups in total. The number of rotatable bonds is 4. The lowest BCUT2D eigenvalue weighted by Gasteiger charge is -2.47. The van der Waals surface area contributed by atoms with E-state index < -0.39 is 5.41 Å². The van der Waals surface area contributed by atoms with Crippen molar-refractivity contribution in [1.29, 1.82) is 0 Å². The van der Waals surface area contributed by atoms with Crippen molar-refractivity contribution in [3.05, 3.63) is 0 Å². The molecule has 0 aromatic heterocycles. The number of likely N-dealkylation sites (tertiary alicyclic amines) is 1. The van der Waals surface area contributed by atoms with E-state index in [9.17, 15) is 4.79 Å². The third-order valence-corrected chi connectivity index (χ3v) is 4.71. The number of hydrogen-bond acceptors (Lipinski definition) is 4. The molecule has 0 aromatic rings. The minimum absolute atomic E-state index is 0.0294. The molecule has 0 radical (unpaired) electrons. The highest BCUT2D eigenvalue weighted by Crippen LogP contribution is 2.47. The first-order chi connectivity index (χ1) is 9.53. The fourth-order valence-corrected chi connectivity index (χ4v) is 3.56. The highest BCUT2D eigenvalue weighted by molar-refractivity contribution is 6.07. The molecule has 2 aliphatic rings. The maximum Gasteiger partial charge on any atom is 0.236 e. The normalized spacial score (nSPS) is 32.0. The molecule has 1 saturated carbocycles. The van der Waals surface area contributed by atoms with Crippen LogP contribution in [-0.2, 0) is 9.53 Å². The SMILES string of the molecule is COCC1CCN(C(=O)C2(C(N)=NO)CC(C)C2)CC1. The van der Waals surface area contributed by atoms with E-state index in [0.717, 1.165) is 32.5 Å². The molecule has 0 spiro atoms. The predicted octanol–water partition coefficient (Wildman–Crippen LogP) is 1.03. The van der Waals surface area contributed by atoms with E-state index in [4.69, 9.17) is 15.7 Å². The van der Waals surface area contributed by atoms with Gasteiger partial charge in [-0.25, -0.2) is 0 Å². The Morgan fingerprint density at radius 2 is 2.05 bits per heavy atom. The summed E-state index contributed by atoms with van der Waals surface area (Å²) in [5.41, 5.74) is 5.03. The van der Waals surface area contributed by atoms with Crippen molar-refractivity contribution >= 4 is 11.7 Å². The van der Waals surface area contributed by atoms with Gasteiger partial charge in [0.05, 0.1) is 0 Å². The maximum atomic E-state index is 12.7. The lowest BCUT2D eigenvalue weighted by atomic mass is 9.61. The number of amidine groups is 1. The third-order valence-electron chi connectivity index (χ3n) is 4.71. The van der Waals surface area contributed by atoms with Crippen LogP contribution in [0, 0.1) is 17.3 Å². The molecule has 0 aromatic carbocycles. The van der Waals surface area contributed by atoms with Gasteiger partial charge in [-0.2, -0.15) is 0 Å². The highest BCUT2D eigenvalue weighted by Gasteiger charge is 2.53. The lowest BCUT2D eigenvalue weighted by molar-refractivity contribution is -0.146. The molecule has 0 bridgehead atoms. The molecule has 6 heteroatoms. The summed E-state index contributed by atoms with van der Waals surface area (Å²) in [7, 11) is 1.71. The minimum Gasteiger partial charge on any atom is -0.409 e. The smallest absolute Gasteiger partial charge is 0.236 e. The van der Waals surface area contributed by atoms with Gasteiger partial charge in [-0.15, -0.1) is 0 Å². The average Bonchev–Trinajstić information content (AvgIpc) is 2.43. The van der Waals surface area contributed by atoms with Gasteiger partial charge >= 0.3 is 0 Å². The molecule has 6 nitrogen and oxygen atoms in total. The van der Waals surface area contributed by atoms with E-state index in [0.29, 0.717) is 24.7 Å². The summed E-state index contributed by atoms with van der Waals surface area (Å²) < 4.78 is 5.17. The molecule has 1 saturated heterocycles. The quantitative estimate of drug-likeness (QED) is 0.349. The number of hydrogen-bond donors (Lipinski definition) is 2. The minimum atomic E-state index is -0.762. The second kappa shape index (κ2) is 5.99. The number of nitrogens with two attached hydrogens (primary N) is 1. The zero-order valence-corrected chi connectivity index (χ0v) is 12.3. The molecule has 0 unspecified atom stereocenters. The molecule has 20 heavy (non-hydrogen) atoms. The van der Waals surface area contributed by atoms with Gasteiger partial charge < -0.3 is 20.6 Å². The number of oxime groups is 1. The first-order valence-electron chi connectivity index (χ1n) is 7.30. The summed E-state index contributed by atoms with van der Waals surface area (Å²) in [6, 6.07) is 0.